The van der Waals surface area contributed by atoms with Gasteiger partial charge in [-0.2, -0.15) is 0 Å². The van der Waals surface area contributed by atoms with Crippen LogP contribution in [0.25, 0.3) is 10.9 Å². The first kappa shape index (κ1) is 20.2. The lowest BCUT2D eigenvalue weighted by atomic mass is 10.1. The number of aryl methyl sites for hydroxylation is 1. The Balaban J connectivity index is 1.25. The van der Waals surface area contributed by atoms with Crippen molar-refractivity contribution in [1.82, 2.24) is 29.8 Å². The summed E-state index contributed by atoms with van der Waals surface area (Å²) in [4.78, 5) is 15.0. The molecule has 31 heavy (non-hydrogen) atoms. The fourth-order valence-corrected chi connectivity index (χ4v) is 5.28. The van der Waals surface area contributed by atoms with Crippen molar-refractivity contribution < 1.29 is 4.79 Å². The molecule has 1 aliphatic carbocycles. The minimum absolute atomic E-state index is 0.0891. The van der Waals surface area contributed by atoms with Crippen LogP contribution in [0.15, 0.2) is 36.7 Å². The Bertz CT molecular complexity index is 1050. The molecule has 1 N–H and O–H groups in total. The van der Waals surface area contributed by atoms with E-state index in [0.29, 0.717) is 17.8 Å². The van der Waals surface area contributed by atoms with Gasteiger partial charge in [-0.3, -0.25) is 14.4 Å². The summed E-state index contributed by atoms with van der Waals surface area (Å²) in [6, 6.07) is 9.39. The van der Waals surface area contributed by atoms with Crippen molar-refractivity contribution >= 4 is 16.8 Å². The molecule has 0 spiro atoms. The molecule has 3 heterocycles. The summed E-state index contributed by atoms with van der Waals surface area (Å²) in [5.41, 5.74) is 3.13. The highest BCUT2D eigenvalue weighted by Gasteiger charge is 2.27. The number of likely N-dealkylation sites (tertiary alicyclic amines) is 1. The van der Waals surface area contributed by atoms with E-state index in [-0.39, 0.29) is 5.91 Å². The van der Waals surface area contributed by atoms with Gasteiger partial charge in [0.2, 0.25) is 0 Å². The van der Waals surface area contributed by atoms with Crippen molar-refractivity contribution in [2.45, 2.75) is 77.2 Å². The molecule has 164 valence electrons. The van der Waals surface area contributed by atoms with Crippen LogP contribution in [0.1, 0.15) is 61.5 Å². The number of aromatic nitrogens is 4. The van der Waals surface area contributed by atoms with Crippen LogP contribution in [-0.4, -0.2) is 49.0 Å². The third kappa shape index (κ3) is 4.24. The van der Waals surface area contributed by atoms with Gasteiger partial charge in [0.25, 0.3) is 5.91 Å². The summed E-state index contributed by atoms with van der Waals surface area (Å²) >= 11 is 0. The number of fused-ring (bicyclic) bond motifs is 1. The lowest BCUT2D eigenvalue weighted by Crippen LogP contribution is -2.33. The summed E-state index contributed by atoms with van der Waals surface area (Å²) in [6.07, 6.45) is 11.0. The minimum atomic E-state index is -0.0891. The maximum Gasteiger partial charge on any atom is 0.273 e. The summed E-state index contributed by atoms with van der Waals surface area (Å²) in [5.74, 6) is -0.0891. The van der Waals surface area contributed by atoms with E-state index in [9.17, 15) is 4.79 Å². The van der Waals surface area contributed by atoms with Gasteiger partial charge in [0.1, 0.15) is 0 Å². The molecule has 1 saturated heterocycles. The number of carbonyl (C=O) groups excluding carboxylic acids is 1. The van der Waals surface area contributed by atoms with Gasteiger partial charge in [0, 0.05) is 42.3 Å². The molecule has 1 saturated carbocycles. The van der Waals surface area contributed by atoms with E-state index in [1.165, 1.54) is 35.7 Å². The molecule has 2 aliphatic rings. The van der Waals surface area contributed by atoms with Crippen molar-refractivity contribution in [1.29, 1.82) is 0 Å². The van der Waals surface area contributed by atoms with E-state index in [4.69, 9.17) is 0 Å². The number of nitrogens with one attached hydrogen (secondary N) is 1. The van der Waals surface area contributed by atoms with E-state index in [1.54, 1.807) is 0 Å². The molecular weight excluding hydrogens is 388 g/mol. The number of amides is 1. The number of nitrogens with zero attached hydrogens (tertiary/aromatic N) is 5. The third-order valence-electron chi connectivity index (χ3n) is 6.94. The Morgan fingerprint density at radius 1 is 1.13 bits per heavy atom. The molecule has 7 nitrogen and oxygen atoms in total. The van der Waals surface area contributed by atoms with Crippen molar-refractivity contribution in [2.24, 2.45) is 0 Å². The van der Waals surface area contributed by atoms with Gasteiger partial charge in [0.05, 0.1) is 12.7 Å². The van der Waals surface area contributed by atoms with Crippen LogP contribution in [0, 0.1) is 0 Å². The van der Waals surface area contributed by atoms with Crippen molar-refractivity contribution in [2.75, 3.05) is 6.54 Å². The molecule has 1 aromatic carbocycles. The van der Waals surface area contributed by atoms with Gasteiger partial charge < -0.3 is 9.88 Å². The fraction of sp³-hybridized carbons (Fsp3) is 0.542. The molecule has 2 fully saturated rings. The first-order valence-electron chi connectivity index (χ1n) is 11.7. The first-order chi connectivity index (χ1) is 15.2. The van der Waals surface area contributed by atoms with Crippen LogP contribution in [0.4, 0.5) is 0 Å². The first-order valence-corrected chi connectivity index (χ1v) is 11.7. The molecule has 3 aromatic rings. The van der Waals surface area contributed by atoms with E-state index in [1.807, 2.05) is 10.9 Å². The predicted octanol–water partition coefficient (Wildman–Crippen LogP) is 3.59. The van der Waals surface area contributed by atoms with Gasteiger partial charge in [0.15, 0.2) is 5.69 Å². The van der Waals surface area contributed by atoms with Gasteiger partial charge in [-0.25, -0.2) is 0 Å². The number of rotatable bonds is 7. The van der Waals surface area contributed by atoms with Gasteiger partial charge in [-0.15, -0.1) is 5.10 Å². The Kier molecular flexibility index (Phi) is 5.76. The second-order valence-corrected chi connectivity index (χ2v) is 9.00. The molecule has 0 bridgehead atoms. The predicted molar refractivity (Wildman–Crippen MR) is 121 cm³/mol. The normalized spacial score (nSPS) is 20.1. The smallest absolute Gasteiger partial charge is 0.273 e. The molecule has 0 radical (unpaired) electrons. The maximum absolute atomic E-state index is 12.5. The zero-order chi connectivity index (χ0) is 21.2. The lowest BCUT2D eigenvalue weighted by Gasteiger charge is -2.24. The van der Waals surface area contributed by atoms with Crippen LogP contribution in [0.5, 0.6) is 0 Å². The minimum Gasteiger partial charge on any atom is -0.348 e. The van der Waals surface area contributed by atoms with E-state index < -0.39 is 0 Å². The molecular formula is C24H32N6O. The maximum atomic E-state index is 12.5. The quantitative estimate of drug-likeness (QED) is 0.634. The largest absolute Gasteiger partial charge is 0.348 e. The average Bonchev–Trinajstić information content (AvgIpc) is 3.57. The van der Waals surface area contributed by atoms with Gasteiger partial charge >= 0.3 is 0 Å². The van der Waals surface area contributed by atoms with Crippen LogP contribution < -0.4 is 5.32 Å². The Morgan fingerprint density at radius 2 is 1.97 bits per heavy atom. The Labute approximate surface area is 183 Å². The average molecular weight is 421 g/mol. The highest BCUT2D eigenvalue weighted by molar-refractivity contribution is 5.92. The summed E-state index contributed by atoms with van der Waals surface area (Å²) in [5, 5.41) is 12.9. The van der Waals surface area contributed by atoms with Crippen LogP contribution >= 0.6 is 0 Å². The number of benzene rings is 1. The van der Waals surface area contributed by atoms with E-state index in [2.05, 4.69) is 62.5 Å². The Morgan fingerprint density at radius 3 is 2.81 bits per heavy atom. The Hall–Kier alpha value is -2.67. The molecule has 0 unspecified atom stereocenters. The topological polar surface area (TPSA) is 68.0 Å². The third-order valence-corrected chi connectivity index (χ3v) is 6.94. The van der Waals surface area contributed by atoms with Crippen LogP contribution in [0.3, 0.4) is 0 Å². The molecule has 1 aliphatic heterocycles. The van der Waals surface area contributed by atoms with E-state index in [0.717, 1.165) is 45.4 Å². The number of hydrogen-bond donors (Lipinski definition) is 1. The SMILES string of the molecule is CCn1cc(CN2CCC[C@H]2Cn2cc(C(=O)NC3CCCC3)nn2)c2ccccc21. The highest BCUT2D eigenvalue weighted by atomic mass is 16.2. The van der Waals surface area contributed by atoms with Crippen molar-refractivity contribution in [3.63, 3.8) is 0 Å². The fourth-order valence-electron chi connectivity index (χ4n) is 5.28. The van der Waals surface area contributed by atoms with E-state index >= 15 is 0 Å². The molecule has 1 amide bonds. The second kappa shape index (κ2) is 8.83. The molecule has 1 atom stereocenters. The standard InChI is InChI=1S/C24H32N6O/c1-2-28-14-18(21-11-5-6-12-23(21)28)15-29-13-7-10-20(29)16-30-17-22(26-27-30)24(31)25-19-8-3-4-9-19/h5-6,11-12,14,17,19-20H,2-4,7-10,13,15-16H2,1H3,(H,25,31)/t20-/m0/s1. The number of carbonyl (C=O) groups is 1. The lowest BCUT2D eigenvalue weighted by molar-refractivity contribution is 0.0932. The number of hydrogen-bond acceptors (Lipinski definition) is 4. The molecule has 5 rings (SSSR count). The monoisotopic (exact) mass is 420 g/mol. The van der Waals surface area contributed by atoms with Crippen molar-refractivity contribution in [3.8, 4) is 0 Å². The zero-order valence-corrected chi connectivity index (χ0v) is 18.3. The zero-order valence-electron chi connectivity index (χ0n) is 18.3. The van der Waals surface area contributed by atoms with Gasteiger partial charge in [-0.1, -0.05) is 36.3 Å². The van der Waals surface area contributed by atoms with Crippen LogP contribution in [-0.2, 0) is 19.6 Å². The van der Waals surface area contributed by atoms with Crippen LogP contribution in [0.2, 0.25) is 0 Å². The van der Waals surface area contributed by atoms with Crippen molar-refractivity contribution in [3.05, 3.63) is 47.9 Å². The van der Waals surface area contributed by atoms with Gasteiger partial charge in [-0.05, 0) is 50.8 Å². The highest BCUT2D eigenvalue weighted by Crippen LogP contribution is 2.27. The summed E-state index contributed by atoms with van der Waals surface area (Å²) in [6.45, 7) is 5.99. The second-order valence-electron chi connectivity index (χ2n) is 9.00. The molecule has 7 heteroatoms. The summed E-state index contributed by atoms with van der Waals surface area (Å²) < 4.78 is 4.18. The summed E-state index contributed by atoms with van der Waals surface area (Å²) in [7, 11) is 0. The number of para-hydroxylation sites is 1. The molecule has 2 aromatic heterocycles.